The molecule has 0 spiro atoms. The highest BCUT2D eigenvalue weighted by Gasteiger charge is 2.22. The number of benzene rings is 1. The quantitative estimate of drug-likeness (QED) is 0.304. The van der Waals surface area contributed by atoms with Crippen molar-refractivity contribution in [1.29, 1.82) is 0 Å². The average molecular weight is 533 g/mol. The Morgan fingerprint density at radius 2 is 1.82 bits per heavy atom. The first-order valence-corrected chi connectivity index (χ1v) is 13.5. The summed E-state index contributed by atoms with van der Waals surface area (Å²) in [6, 6.07) is 14.4. The summed E-state index contributed by atoms with van der Waals surface area (Å²) < 4.78 is 13.8. The molecule has 0 saturated carbocycles. The molecule has 7 nitrogen and oxygen atoms in total. The van der Waals surface area contributed by atoms with Gasteiger partial charge in [-0.2, -0.15) is 0 Å². The normalized spacial score (nSPS) is 14.1. The highest BCUT2D eigenvalue weighted by molar-refractivity contribution is 5.72. The summed E-state index contributed by atoms with van der Waals surface area (Å²) in [6.45, 7) is 12.2. The van der Waals surface area contributed by atoms with Gasteiger partial charge >= 0.3 is 0 Å². The molecular formula is C31H41FN6O. The van der Waals surface area contributed by atoms with Gasteiger partial charge in [0.25, 0.3) is 0 Å². The minimum absolute atomic E-state index is 0.178. The summed E-state index contributed by atoms with van der Waals surface area (Å²) in [5, 5.41) is 7.96. The Labute approximate surface area is 231 Å². The van der Waals surface area contributed by atoms with Gasteiger partial charge in [-0.15, -0.1) is 5.10 Å². The maximum absolute atomic E-state index is 11.9. The van der Waals surface area contributed by atoms with E-state index < -0.39 is 0 Å². The zero-order chi connectivity index (χ0) is 28.6. The standard InChI is InChI=1S/C12H17N5.C11H13NO.C6H5F.C2H6/c1-9-7-14-11-3-4-12(15-17(9)11)16-6-5-10(8-16)13-2;1-3-4-5-10-7-12-11(8-13)6-9(10)2;7-6-4-2-1-3-5-6;1-2/h3-4,7,10,13H,5-6,8H2,1-2H3;4-8H,3H2,1-2H3;1-5H;1-2H3/b;5-4+;;/t10-;;;/m0.../s1. The lowest BCUT2D eigenvalue weighted by Crippen LogP contribution is -2.30. The second kappa shape index (κ2) is 16.8. The zero-order valence-corrected chi connectivity index (χ0v) is 23.9. The number of allylic oxidation sites excluding steroid dienone is 1. The number of carbonyl (C=O) groups excluding carboxylic acids is 1. The number of nitrogens with zero attached hydrogens (tertiary/aromatic N) is 5. The molecule has 1 aliphatic rings. The fourth-order valence-corrected chi connectivity index (χ4v) is 3.84. The molecular weight excluding hydrogens is 491 g/mol. The number of aldehydes is 1. The van der Waals surface area contributed by atoms with Crippen LogP contribution >= 0.6 is 0 Å². The number of nitrogens with one attached hydrogen (secondary N) is 1. The minimum atomic E-state index is -0.178. The van der Waals surface area contributed by atoms with Crippen molar-refractivity contribution >= 4 is 23.8 Å². The van der Waals surface area contributed by atoms with Crippen LogP contribution in [-0.2, 0) is 0 Å². The van der Waals surface area contributed by atoms with Crippen LogP contribution in [0.5, 0.6) is 0 Å². The van der Waals surface area contributed by atoms with Crippen LogP contribution in [-0.4, -0.2) is 52.0 Å². The van der Waals surface area contributed by atoms with Gasteiger partial charge in [-0.25, -0.2) is 13.9 Å². The molecule has 0 amide bonds. The van der Waals surface area contributed by atoms with E-state index in [1.54, 1.807) is 30.5 Å². The number of aromatic nitrogens is 4. The van der Waals surface area contributed by atoms with E-state index in [4.69, 9.17) is 0 Å². The summed E-state index contributed by atoms with van der Waals surface area (Å²) in [5.74, 6) is 0.860. The van der Waals surface area contributed by atoms with Crippen molar-refractivity contribution in [3.8, 4) is 0 Å². The second-order valence-electron chi connectivity index (χ2n) is 8.77. The predicted molar refractivity (Wildman–Crippen MR) is 159 cm³/mol. The largest absolute Gasteiger partial charge is 0.354 e. The molecule has 1 saturated heterocycles. The van der Waals surface area contributed by atoms with Gasteiger partial charge < -0.3 is 10.2 Å². The number of carbonyl (C=O) groups is 1. The molecule has 8 heteroatoms. The van der Waals surface area contributed by atoms with Crippen LogP contribution in [0.4, 0.5) is 10.2 Å². The first-order chi connectivity index (χ1) is 18.9. The second-order valence-corrected chi connectivity index (χ2v) is 8.77. The van der Waals surface area contributed by atoms with E-state index in [0.29, 0.717) is 11.7 Å². The average Bonchev–Trinajstić information content (AvgIpc) is 3.61. The number of halogens is 1. The first-order valence-electron chi connectivity index (χ1n) is 13.5. The molecule has 208 valence electrons. The topological polar surface area (TPSA) is 75.4 Å². The van der Waals surface area contributed by atoms with Gasteiger partial charge in [0, 0.05) is 25.3 Å². The molecule has 1 atom stereocenters. The van der Waals surface area contributed by atoms with Crippen molar-refractivity contribution in [3.63, 3.8) is 0 Å². The van der Waals surface area contributed by atoms with Crippen molar-refractivity contribution in [2.45, 2.75) is 53.5 Å². The summed E-state index contributed by atoms with van der Waals surface area (Å²) in [5.41, 5.74) is 4.64. The summed E-state index contributed by atoms with van der Waals surface area (Å²) in [7, 11) is 2.02. The van der Waals surface area contributed by atoms with Gasteiger partial charge in [-0.1, -0.05) is 51.1 Å². The Balaban J connectivity index is 0.000000215. The highest BCUT2D eigenvalue weighted by atomic mass is 19.1. The smallest absolute Gasteiger partial charge is 0.168 e. The summed E-state index contributed by atoms with van der Waals surface area (Å²) in [6.07, 6.45) is 10.6. The van der Waals surface area contributed by atoms with Gasteiger partial charge in [-0.05, 0) is 75.2 Å². The first kappa shape index (κ1) is 31.3. The Bertz CT molecular complexity index is 1310. The van der Waals surface area contributed by atoms with Crippen LogP contribution in [0, 0.1) is 19.7 Å². The number of pyridine rings is 1. The Morgan fingerprint density at radius 1 is 1.08 bits per heavy atom. The Morgan fingerprint density at radius 3 is 2.38 bits per heavy atom. The number of fused-ring (bicyclic) bond motifs is 1. The number of aryl methyl sites for hydroxylation is 2. The van der Waals surface area contributed by atoms with Crippen LogP contribution < -0.4 is 10.2 Å². The number of hydrogen-bond donors (Lipinski definition) is 1. The Hall–Kier alpha value is -3.91. The van der Waals surface area contributed by atoms with Gasteiger partial charge in [0.1, 0.15) is 17.3 Å². The van der Waals surface area contributed by atoms with Crippen LogP contribution in [0.3, 0.4) is 0 Å². The van der Waals surface area contributed by atoms with Crippen LogP contribution in [0.15, 0.2) is 67.0 Å². The molecule has 5 rings (SSSR count). The van der Waals surface area contributed by atoms with E-state index in [2.05, 4.69) is 44.3 Å². The number of likely N-dealkylation sites (N-methyl/N-ethyl adjacent to an activating group) is 1. The monoisotopic (exact) mass is 532 g/mol. The summed E-state index contributed by atoms with van der Waals surface area (Å²) >= 11 is 0. The van der Waals surface area contributed by atoms with E-state index in [-0.39, 0.29) is 5.82 Å². The third-order valence-corrected chi connectivity index (χ3v) is 6.00. The lowest BCUT2D eigenvalue weighted by atomic mass is 10.1. The van der Waals surface area contributed by atoms with Crippen molar-refractivity contribution in [1.82, 2.24) is 24.9 Å². The highest BCUT2D eigenvalue weighted by Crippen LogP contribution is 2.18. The number of anilines is 1. The number of rotatable bonds is 5. The van der Waals surface area contributed by atoms with Crippen LogP contribution in [0.2, 0.25) is 0 Å². The fourth-order valence-electron chi connectivity index (χ4n) is 3.84. The van der Waals surface area contributed by atoms with Gasteiger partial charge in [0.15, 0.2) is 11.9 Å². The van der Waals surface area contributed by atoms with E-state index >= 15 is 0 Å². The van der Waals surface area contributed by atoms with Crippen molar-refractivity contribution < 1.29 is 9.18 Å². The molecule has 0 aliphatic carbocycles. The third-order valence-electron chi connectivity index (χ3n) is 6.00. The SMILES string of the molecule is CC.CC/C=C/c1cnc(C=O)cc1C.CN[C@H]1CCN(c2ccc3ncc(C)n3n2)C1.Fc1ccccc1. The maximum Gasteiger partial charge on any atom is 0.168 e. The zero-order valence-electron chi connectivity index (χ0n) is 23.9. The van der Waals surface area contributed by atoms with Gasteiger partial charge in [-0.3, -0.25) is 9.78 Å². The lowest BCUT2D eigenvalue weighted by molar-refractivity contribution is 0.111. The van der Waals surface area contributed by atoms with Crippen molar-refractivity contribution in [3.05, 3.63) is 95.3 Å². The fraction of sp³-hybridized carbons (Fsp3) is 0.355. The molecule has 1 fully saturated rings. The molecule has 1 N–H and O–H groups in total. The van der Waals surface area contributed by atoms with E-state index in [1.807, 2.05) is 57.6 Å². The minimum Gasteiger partial charge on any atom is -0.354 e. The molecule has 4 aromatic rings. The van der Waals surface area contributed by atoms with Gasteiger partial charge in [0.05, 0.1) is 11.9 Å². The summed E-state index contributed by atoms with van der Waals surface area (Å²) in [4.78, 5) is 21.0. The molecule has 0 radical (unpaired) electrons. The predicted octanol–water partition coefficient (Wildman–Crippen LogP) is 6.31. The number of hydrogen-bond acceptors (Lipinski definition) is 6. The van der Waals surface area contributed by atoms with Crippen LogP contribution in [0.25, 0.3) is 11.7 Å². The molecule has 1 aromatic carbocycles. The molecule has 3 aromatic heterocycles. The van der Waals surface area contributed by atoms with Crippen molar-refractivity contribution in [2.75, 3.05) is 25.0 Å². The maximum atomic E-state index is 11.9. The van der Waals surface area contributed by atoms with E-state index in [0.717, 1.165) is 54.1 Å². The molecule has 1 aliphatic heterocycles. The van der Waals surface area contributed by atoms with Crippen LogP contribution in [0.1, 0.15) is 60.9 Å². The van der Waals surface area contributed by atoms with E-state index in [1.165, 1.54) is 18.6 Å². The van der Waals surface area contributed by atoms with Gasteiger partial charge in [0.2, 0.25) is 0 Å². The van der Waals surface area contributed by atoms with E-state index in [9.17, 15) is 9.18 Å². The Kier molecular flexibility index (Phi) is 13.5. The molecule has 39 heavy (non-hydrogen) atoms. The van der Waals surface area contributed by atoms with Crippen molar-refractivity contribution in [2.24, 2.45) is 0 Å². The lowest BCUT2D eigenvalue weighted by Gasteiger charge is -2.17. The third kappa shape index (κ3) is 9.72. The number of imidazole rings is 1. The molecule has 4 heterocycles. The molecule has 0 bridgehead atoms. The molecule has 0 unspecified atom stereocenters.